The Morgan fingerprint density at radius 1 is 1.12 bits per heavy atom. The third-order valence-corrected chi connectivity index (χ3v) is 4.37. The molecule has 0 unspecified atom stereocenters. The molecule has 1 aliphatic rings. The second-order valence-corrected chi connectivity index (χ2v) is 5.80. The van der Waals surface area contributed by atoms with Crippen LogP contribution in [0.15, 0.2) is 49.1 Å². The average Bonchev–Trinajstić information content (AvgIpc) is 3.17. The standard InChI is InChI=1S/C17H17N3O4/c21-8-13-15(22)16(23)17(24-13)20-9-19-14-11(4-1-5-12(14)20)10-3-2-6-18-7-10/h1-7,9,13,15-17,21-23H,8H2/t13-,15-,16-,17-/m1/s1. The van der Waals surface area contributed by atoms with E-state index >= 15 is 0 Å². The molecule has 0 aliphatic carbocycles. The van der Waals surface area contributed by atoms with Gasteiger partial charge in [0, 0.05) is 23.5 Å². The summed E-state index contributed by atoms with van der Waals surface area (Å²) in [7, 11) is 0. The Labute approximate surface area is 137 Å². The fourth-order valence-electron chi connectivity index (χ4n) is 3.13. The number of hydrogen-bond donors (Lipinski definition) is 3. The molecule has 24 heavy (non-hydrogen) atoms. The van der Waals surface area contributed by atoms with Crippen LogP contribution in [-0.2, 0) is 4.74 Å². The van der Waals surface area contributed by atoms with Crippen LogP contribution in [0, 0.1) is 0 Å². The van der Waals surface area contributed by atoms with Gasteiger partial charge in [0.1, 0.15) is 18.3 Å². The Hall–Kier alpha value is -2.32. The maximum atomic E-state index is 10.2. The Morgan fingerprint density at radius 3 is 2.71 bits per heavy atom. The normalized spacial score (nSPS) is 27.0. The highest BCUT2D eigenvalue weighted by molar-refractivity contribution is 5.91. The van der Waals surface area contributed by atoms with Crippen molar-refractivity contribution in [2.24, 2.45) is 0 Å². The number of nitrogens with zero attached hydrogens (tertiary/aromatic N) is 3. The molecule has 124 valence electrons. The molecule has 1 saturated heterocycles. The van der Waals surface area contributed by atoms with Gasteiger partial charge in [-0.25, -0.2) is 4.98 Å². The van der Waals surface area contributed by atoms with Gasteiger partial charge in [-0.05, 0) is 12.1 Å². The van der Waals surface area contributed by atoms with E-state index in [-0.39, 0.29) is 6.61 Å². The minimum Gasteiger partial charge on any atom is -0.394 e. The third kappa shape index (κ3) is 2.30. The van der Waals surface area contributed by atoms with Crippen molar-refractivity contribution in [2.75, 3.05) is 6.61 Å². The second-order valence-electron chi connectivity index (χ2n) is 5.80. The number of hydrogen-bond acceptors (Lipinski definition) is 6. The molecule has 4 rings (SSSR count). The van der Waals surface area contributed by atoms with E-state index in [1.54, 1.807) is 23.3 Å². The van der Waals surface area contributed by atoms with Gasteiger partial charge in [0.05, 0.1) is 24.0 Å². The molecular formula is C17H17N3O4. The predicted molar refractivity (Wildman–Crippen MR) is 86.0 cm³/mol. The van der Waals surface area contributed by atoms with Crippen LogP contribution in [0.1, 0.15) is 6.23 Å². The Bertz CT molecular complexity index is 851. The van der Waals surface area contributed by atoms with Crippen molar-refractivity contribution in [3.8, 4) is 11.1 Å². The van der Waals surface area contributed by atoms with Crippen LogP contribution in [0.5, 0.6) is 0 Å². The maximum Gasteiger partial charge on any atom is 0.164 e. The Kier molecular flexibility index (Phi) is 3.78. The molecule has 7 nitrogen and oxygen atoms in total. The van der Waals surface area contributed by atoms with E-state index in [1.165, 1.54) is 0 Å². The lowest BCUT2D eigenvalue weighted by Crippen LogP contribution is -2.33. The highest BCUT2D eigenvalue weighted by atomic mass is 16.6. The van der Waals surface area contributed by atoms with Gasteiger partial charge in [0.15, 0.2) is 6.23 Å². The molecule has 0 amide bonds. The number of imidazole rings is 1. The van der Waals surface area contributed by atoms with Crippen molar-refractivity contribution in [1.82, 2.24) is 14.5 Å². The summed E-state index contributed by atoms with van der Waals surface area (Å²) in [6, 6.07) is 9.53. The molecule has 3 heterocycles. The van der Waals surface area contributed by atoms with Gasteiger partial charge in [-0.2, -0.15) is 0 Å². The smallest absolute Gasteiger partial charge is 0.164 e. The molecule has 1 fully saturated rings. The van der Waals surface area contributed by atoms with Gasteiger partial charge in [0.25, 0.3) is 0 Å². The van der Waals surface area contributed by atoms with E-state index < -0.39 is 24.5 Å². The van der Waals surface area contributed by atoms with Crippen molar-refractivity contribution < 1.29 is 20.1 Å². The number of aliphatic hydroxyl groups excluding tert-OH is 3. The average molecular weight is 327 g/mol. The quantitative estimate of drug-likeness (QED) is 0.655. The van der Waals surface area contributed by atoms with Crippen molar-refractivity contribution in [1.29, 1.82) is 0 Å². The number of aliphatic hydroxyl groups is 3. The van der Waals surface area contributed by atoms with E-state index in [1.807, 2.05) is 30.3 Å². The van der Waals surface area contributed by atoms with Crippen molar-refractivity contribution in [2.45, 2.75) is 24.5 Å². The first kappa shape index (κ1) is 15.2. The minimum absolute atomic E-state index is 0.359. The van der Waals surface area contributed by atoms with Crippen LogP contribution in [0.2, 0.25) is 0 Å². The third-order valence-electron chi connectivity index (χ3n) is 4.37. The van der Waals surface area contributed by atoms with Crippen LogP contribution in [-0.4, -0.2) is 54.8 Å². The Morgan fingerprint density at radius 2 is 2.00 bits per heavy atom. The molecule has 0 radical (unpaired) electrons. The summed E-state index contributed by atoms with van der Waals surface area (Å²) in [6.45, 7) is -0.359. The number of benzene rings is 1. The summed E-state index contributed by atoms with van der Waals surface area (Å²) >= 11 is 0. The topological polar surface area (TPSA) is 101 Å². The molecule has 3 aromatic rings. The van der Waals surface area contributed by atoms with E-state index in [2.05, 4.69) is 9.97 Å². The van der Waals surface area contributed by atoms with Crippen LogP contribution in [0.4, 0.5) is 0 Å². The predicted octanol–water partition coefficient (Wildman–Crippen LogP) is 0.710. The Balaban J connectivity index is 1.80. The maximum absolute atomic E-state index is 10.2. The molecule has 2 aromatic heterocycles. The molecule has 0 saturated carbocycles. The molecule has 1 aliphatic heterocycles. The largest absolute Gasteiger partial charge is 0.394 e. The van der Waals surface area contributed by atoms with Gasteiger partial charge in [-0.1, -0.05) is 18.2 Å². The van der Waals surface area contributed by atoms with Crippen LogP contribution >= 0.6 is 0 Å². The fourth-order valence-corrected chi connectivity index (χ4v) is 3.13. The first-order valence-corrected chi connectivity index (χ1v) is 7.69. The zero-order chi connectivity index (χ0) is 16.7. The summed E-state index contributed by atoms with van der Waals surface area (Å²) < 4.78 is 7.27. The second kappa shape index (κ2) is 5.95. The molecule has 0 spiro atoms. The fraction of sp³-hybridized carbons (Fsp3) is 0.294. The van der Waals surface area contributed by atoms with Crippen molar-refractivity contribution >= 4 is 11.0 Å². The summed E-state index contributed by atoms with van der Waals surface area (Å²) in [4.78, 5) is 8.58. The summed E-state index contributed by atoms with van der Waals surface area (Å²) in [5.41, 5.74) is 3.38. The van der Waals surface area contributed by atoms with Crippen molar-refractivity contribution in [3.63, 3.8) is 0 Å². The number of para-hydroxylation sites is 1. The van der Waals surface area contributed by atoms with E-state index in [0.717, 1.165) is 22.2 Å². The van der Waals surface area contributed by atoms with E-state index in [9.17, 15) is 15.3 Å². The number of pyridine rings is 1. The first-order valence-electron chi connectivity index (χ1n) is 7.69. The number of rotatable bonds is 3. The lowest BCUT2D eigenvalue weighted by molar-refractivity contribution is -0.0508. The van der Waals surface area contributed by atoms with Gasteiger partial charge in [-0.3, -0.25) is 4.98 Å². The zero-order valence-electron chi connectivity index (χ0n) is 12.7. The summed E-state index contributed by atoms with van der Waals surface area (Å²) in [6.07, 6.45) is 1.16. The lowest BCUT2D eigenvalue weighted by atomic mass is 10.1. The monoisotopic (exact) mass is 327 g/mol. The SMILES string of the molecule is OC[C@H]1O[C@@H](n2cnc3c(-c4cccnc4)cccc32)[C@H](O)[C@@H]1O. The first-order chi connectivity index (χ1) is 11.7. The van der Waals surface area contributed by atoms with Gasteiger partial charge in [-0.15, -0.1) is 0 Å². The molecule has 7 heteroatoms. The molecule has 1 aromatic carbocycles. The molecular weight excluding hydrogens is 310 g/mol. The van der Waals surface area contributed by atoms with Crippen LogP contribution in [0.25, 0.3) is 22.2 Å². The zero-order valence-corrected chi connectivity index (χ0v) is 12.7. The lowest BCUT2D eigenvalue weighted by Gasteiger charge is -2.17. The van der Waals surface area contributed by atoms with Gasteiger partial charge in [0.2, 0.25) is 0 Å². The molecule has 3 N–H and O–H groups in total. The number of aromatic nitrogens is 3. The van der Waals surface area contributed by atoms with Crippen LogP contribution in [0.3, 0.4) is 0 Å². The number of ether oxygens (including phenoxy) is 1. The van der Waals surface area contributed by atoms with Crippen molar-refractivity contribution in [3.05, 3.63) is 49.1 Å². The molecule has 4 atom stereocenters. The van der Waals surface area contributed by atoms with Crippen LogP contribution < -0.4 is 0 Å². The number of fused-ring (bicyclic) bond motifs is 1. The summed E-state index contributed by atoms with van der Waals surface area (Å²) in [5.74, 6) is 0. The highest BCUT2D eigenvalue weighted by Crippen LogP contribution is 2.34. The van der Waals surface area contributed by atoms with E-state index in [0.29, 0.717) is 0 Å². The van der Waals surface area contributed by atoms with E-state index in [4.69, 9.17) is 4.74 Å². The van der Waals surface area contributed by atoms with Gasteiger partial charge < -0.3 is 24.6 Å². The van der Waals surface area contributed by atoms with Gasteiger partial charge >= 0.3 is 0 Å². The minimum atomic E-state index is -1.14. The highest BCUT2D eigenvalue weighted by Gasteiger charge is 2.43. The molecule has 0 bridgehead atoms. The summed E-state index contributed by atoms with van der Waals surface area (Å²) in [5, 5.41) is 29.4.